The zero-order chi connectivity index (χ0) is 17.8. The first-order chi connectivity index (χ1) is 12.8. The minimum absolute atomic E-state index is 0.377. The van der Waals surface area contributed by atoms with Crippen molar-refractivity contribution in [1.29, 1.82) is 0 Å². The third-order valence-electron chi connectivity index (χ3n) is 5.89. The third kappa shape index (κ3) is 4.39. The van der Waals surface area contributed by atoms with E-state index in [-0.39, 0.29) is 0 Å². The van der Waals surface area contributed by atoms with Crippen molar-refractivity contribution in [1.82, 2.24) is 0 Å². The summed E-state index contributed by atoms with van der Waals surface area (Å²) in [7, 11) is 1.75. The van der Waals surface area contributed by atoms with Gasteiger partial charge in [0.05, 0.1) is 13.2 Å². The average Bonchev–Trinajstić information content (AvgIpc) is 3.22. The van der Waals surface area contributed by atoms with Crippen molar-refractivity contribution < 1.29 is 9.47 Å². The van der Waals surface area contributed by atoms with Gasteiger partial charge in [0.25, 0.3) is 0 Å². The maximum atomic E-state index is 6.30. The summed E-state index contributed by atoms with van der Waals surface area (Å²) < 4.78 is 13.5. The number of hydrogen-bond donors (Lipinski definition) is 0. The van der Waals surface area contributed by atoms with E-state index in [0.29, 0.717) is 12.0 Å². The fraction of sp³-hybridized carbons (Fsp3) is 0.636. The summed E-state index contributed by atoms with van der Waals surface area (Å²) in [6.07, 6.45) is 11.8. The van der Waals surface area contributed by atoms with Gasteiger partial charge < -0.3 is 9.47 Å². The zero-order valence-electron chi connectivity index (χ0n) is 15.8. The summed E-state index contributed by atoms with van der Waals surface area (Å²) in [4.78, 5) is 0. The highest BCUT2D eigenvalue weighted by molar-refractivity contribution is 8.22. The molecule has 0 radical (unpaired) electrons. The van der Waals surface area contributed by atoms with Crippen LogP contribution in [0.3, 0.4) is 0 Å². The summed E-state index contributed by atoms with van der Waals surface area (Å²) in [6.45, 7) is 0. The minimum Gasteiger partial charge on any atom is -0.493 e. The van der Waals surface area contributed by atoms with Crippen molar-refractivity contribution in [2.45, 2.75) is 69.8 Å². The van der Waals surface area contributed by atoms with Crippen molar-refractivity contribution in [2.75, 3.05) is 18.6 Å². The average molecular weight is 391 g/mol. The van der Waals surface area contributed by atoms with Gasteiger partial charge in [0.2, 0.25) is 0 Å². The maximum Gasteiger partial charge on any atom is 0.161 e. The molecule has 0 atom stereocenters. The molecule has 0 unspecified atom stereocenters. The van der Waals surface area contributed by atoms with Crippen LogP contribution in [-0.2, 0) is 0 Å². The van der Waals surface area contributed by atoms with Gasteiger partial charge in [-0.2, -0.15) is 0 Å². The lowest BCUT2D eigenvalue weighted by Gasteiger charge is -2.28. The van der Waals surface area contributed by atoms with Crippen LogP contribution in [-0.4, -0.2) is 24.7 Å². The Balaban J connectivity index is 1.44. The molecule has 0 bridgehead atoms. The molecular weight excluding hydrogens is 360 g/mol. The Hall–Kier alpha value is -0.740. The molecule has 3 aliphatic rings. The summed E-state index contributed by atoms with van der Waals surface area (Å²) in [6, 6.07) is 6.64. The van der Waals surface area contributed by atoms with Crippen LogP contribution < -0.4 is 9.47 Å². The molecule has 1 aliphatic heterocycles. The standard InChI is InChI=1S/C22H30O2S2/c1-23-20-12-11-18(15-21(20)24-19-5-2-3-6-19)16-7-9-17(10-8-16)22-25-13-4-14-26-22/h11-12,15-16,19H,2-10,13-14H2,1H3. The summed E-state index contributed by atoms with van der Waals surface area (Å²) in [5.41, 5.74) is 3.17. The Morgan fingerprint density at radius 2 is 1.62 bits per heavy atom. The molecule has 4 heteroatoms. The van der Waals surface area contributed by atoms with Crippen LogP contribution in [0.4, 0.5) is 0 Å². The second kappa shape index (κ2) is 8.97. The molecule has 142 valence electrons. The number of methoxy groups -OCH3 is 1. The Morgan fingerprint density at radius 1 is 0.885 bits per heavy atom. The lowest BCUT2D eigenvalue weighted by Crippen LogP contribution is -2.13. The van der Waals surface area contributed by atoms with Gasteiger partial charge in [-0.15, -0.1) is 23.5 Å². The third-order valence-corrected chi connectivity index (χ3v) is 8.68. The Morgan fingerprint density at radius 3 is 2.31 bits per heavy atom. The van der Waals surface area contributed by atoms with E-state index in [9.17, 15) is 0 Å². The fourth-order valence-electron chi connectivity index (χ4n) is 4.36. The highest BCUT2D eigenvalue weighted by Gasteiger charge is 2.24. The van der Waals surface area contributed by atoms with Gasteiger partial charge in [0.1, 0.15) is 0 Å². The predicted molar refractivity (Wildman–Crippen MR) is 114 cm³/mol. The highest BCUT2D eigenvalue weighted by atomic mass is 32.2. The van der Waals surface area contributed by atoms with Crippen LogP contribution in [0.25, 0.3) is 0 Å². The first-order valence-corrected chi connectivity index (χ1v) is 12.1. The summed E-state index contributed by atoms with van der Waals surface area (Å²) in [5, 5.41) is 0. The van der Waals surface area contributed by atoms with E-state index in [0.717, 1.165) is 11.5 Å². The predicted octanol–water partition coefficient (Wildman–Crippen LogP) is 6.76. The number of hydrogen-bond acceptors (Lipinski definition) is 4. The van der Waals surface area contributed by atoms with E-state index < -0.39 is 0 Å². The molecule has 2 aliphatic carbocycles. The SMILES string of the molecule is COc1ccc(C2CCC(=C3SCCCS3)CC2)cc1OC1CCCC1. The molecule has 3 fully saturated rings. The number of ether oxygens (including phenoxy) is 2. The van der Waals surface area contributed by atoms with Gasteiger partial charge in [0.15, 0.2) is 11.5 Å². The topological polar surface area (TPSA) is 18.5 Å². The van der Waals surface area contributed by atoms with E-state index in [1.807, 2.05) is 0 Å². The molecule has 1 aromatic carbocycles. The molecule has 0 N–H and O–H groups in total. The molecule has 1 saturated heterocycles. The number of rotatable bonds is 4. The van der Waals surface area contributed by atoms with Crippen molar-refractivity contribution in [3.63, 3.8) is 0 Å². The zero-order valence-corrected chi connectivity index (χ0v) is 17.4. The molecule has 1 aromatic rings. The maximum absolute atomic E-state index is 6.30. The van der Waals surface area contributed by atoms with Crippen LogP contribution in [0.15, 0.2) is 28.0 Å². The molecule has 0 aromatic heterocycles. The van der Waals surface area contributed by atoms with Crippen molar-refractivity contribution in [3.05, 3.63) is 33.6 Å². The van der Waals surface area contributed by atoms with Gasteiger partial charge in [-0.05, 0) is 92.9 Å². The molecule has 0 spiro atoms. The molecule has 2 nitrogen and oxygen atoms in total. The number of thioether (sulfide) groups is 2. The van der Waals surface area contributed by atoms with Crippen molar-refractivity contribution >= 4 is 23.5 Å². The molecular formula is C22H30O2S2. The van der Waals surface area contributed by atoms with E-state index >= 15 is 0 Å². The van der Waals surface area contributed by atoms with Gasteiger partial charge in [-0.3, -0.25) is 0 Å². The van der Waals surface area contributed by atoms with Crippen LogP contribution >= 0.6 is 23.5 Å². The van der Waals surface area contributed by atoms with Crippen LogP contribution in [0.2, 0.25) is 0 Å². The lowest BCUT2D eigenvalue weighted by molar-refractivity contribution is 0.200. The lowest BCUT2D eigenvalue weighted by atomic mass is 9.82. The highest BCUT2D eigenvalue weighted by Crippen LogP contribution is 2.45. The van der Waals surface area contributed by atoms with E-state index in [1.165, 1.54) is 74.9 Å². The molecule has 26 heavy (non-hydrogen) atoms. The summed E-state index contributed by atoms with van der Waals surface area (Å²) in [5.74, 6) is 5.13. The minimum atomic E-state index is 0.377. The second-order valence-electron chi connectivity index (χ2n) is 7.65. The smallest absolute Gasteiger partial charge is 0.161 e. The number of allylic oxidation sites excluding steroid dienone is 1. The second-order valence-corrected chi connectivity index (χ2v) is 10.1. The largest absolute Gasteiger partial charge is 0.493 e. The molecule has 0 amide bonds. The van der Waals surface area contributed by atoms with Crippen LogP contribution in [0.5, 0.6) is 11.5 Å². The molecule has 1 heterocycles. The van der Waals surface area contributed by atoms with Gasteiger partial charge in [0, 0.05) is 4.24 Å². The number of benzene rings is 1. The molecule has 4 rings (SSSR count). The Kier molecular flexibility index (Phi) is 6.42. The quantitative estimate of drug-likeness (QED) is 0.565. The summed E-state index contributed by atoms with van der Waals surface area (Å²) >= 11 is 4.20. The Labute approximate surface area is 166 Å². The van der Waals surface area contributed by atoms with E-state index in [1.54, 1.807) is 16.9 Å². The van der Waals surface area contributed by atoms with E-state index in [2.05, 4.69) is 41.7 Å². The van der Waals surface area contributed by atoms with Crippen LogP contribution in [0, 0.1) is 0 Å². The van der Waals surface area contributed by atoms with Crippen LogP contribution in [0.1, 0.15) is 69.3 Å². The van der Waals surface area contributed by atoms with Crippen molar-refractivity contribution in [3.8, 4) is 11.5 Å². The molecule has 2 saturated carbocycles. The first kappa shape index (κ1) is 18.6. The fourth-order valence-corrected chi connectivity index (χ4v) is 7.14. The van der Waals surface area contributed by atoms with Gasteiger partial charge >= 0.3 is 0 Å². The first-order valence-electron chi connectivity index (χ1n) is 10.2. The van der Waals surface area contributed by atoms with E-state index in [4.69, 9.17) is 9.47 Å². The van der Waals surface area contributed by atoms with Gasteiger partial charge in [-0.25, -0.2) is 0 Å². The monoisotopic (exact) mass is 390 g/mol. The normalized spacial score (nSPS) is 24.7. The van der Waals surface area contributed by atoms with Gasteiger partial charge in [-0.1, -0.05) is 11.6 Å². The Bertz CT molecular complexity index is 632. The van der Waals surface area contributed by atoms with Crippen molar-refractivity contribution in [2.24, 2.45) is 0 Å².